The Hall–Kier alpha value is -4.83. The Morgan fingerprint density at radius 3 is 2.62 bits per heavy atom. The zero-order valence-electron chi connectivity index (χ0n) is 22.1. The Morgan fingerprint density at radius 2 is 1.95 bits per heavy atom. The van der Waals surface area contributed by atoms with Crippen molar-refractivity contribution >= 4 is 34.8 Å². The standard InChI is InChI=1S/C28H20ClF3N8O2/c1-13-21(40-10-15-3-4-17(15)28(40)42)9-34-22(36-13)12-39-11-16(7-35-39)37-27(41)25-14(2)33-8-20(38-25)23-18(26(31)32)5-6-19(29)24(23)30/h5-9,11,15,17,26H,10,12H2,1-2H3,(H,37,41)/t15-,17-/m1/s1. The summed E-state index contributed by atoms with van der Waals surface area (Å²) < 4.78 is 43.5. The van der Waals surface area contributed by atoms with Crippen LogP contribution in [0.15, 0.2) is 36.9 Å². The van der Waals surface area contributed by atoms with Crippen molar-refractivity contribution in [1.82, 2.24) is 29.7 Å². The number of hydrogen-bond acceptors (Lipinski definition) is 7. The summed E-state index contributed by atoms with van der Waals surface area (Å²) in [5, 5.41) is 6.49. The highest BCUT2D eigenvalue weighted by Crippen LogP contribution is 2.36. The van der Waals surface area contributed by atoms with Crippen LogP contribution in [0.3, 0.4) is 0 Å². The lowest BCUT2D eigenvalue weighted by Crippen LogP contribution is -2.28. The van der Waals surface area contributed by atoms with Gasteiger partial charge in [0.15, 0.2) is 5.82 Å². The van der Waals surface area contributed by atoms with Crippen molar-refractivity contribution in [3.8, 4) is 23.1 Å². The van der Waals surface area contributed by atoms with Crippen molar-refractivity contribution in [1.29, 1.82) is 0 Å². The highest BCUT2D eigenvalue weighted by atomic mass is 35.5. The van der Waals surface area contributed by atoms with E-state index in [9.17, 15) is 22.8 Å². The molecule has 0 bridgehead atoms. The first kappa shape index (κ1) is 27.3. The number of nitrogens with one attached hydrogen (secondary N) is 1. The molecule has 1 fully saturated rings. The molecule has 1 aliphatic carbocycles. The minimum absolute atomic E-state index is 0.0386. The molecule has 0 radical (unpaired) electrons. The van der Waals surface area contributed by atoms with Gasteiger partial charge in [-0.05, 0) is 19.9 Å². The molecular weight excluding hydrogens is 573 g/mol. The fourth-order valence-electron chi connectivity index (χ4n) is 4.83. The summed E-state index contributed by atoms with van der Waals surface area (Å²) in [5.74, 6) is 4.32. The average molecular weight is 593 g/mol. The number of anilines is 2. The molecule has 212 valence electrons. The Kier molecular flexibility index (Phi) is 6.86. The van der Waals surface area contributed by atoms with Crippen LogP contribution in [0, 0.1) is 43.3 Å². The van der Waals surface area contributed by atoms with Crippen LogP contribution < -0.4 is 10.2 Å². The van der Waals surface area contributed by atoms with Gasteiger partial charge in [-0.25, -0.2) is 28.1 Å². The molecule has 4 heterocycles. The van der Waals surface area contributed by atoms with E-state index in [0.29, 0.717) is 29.4 Å². The van der Waals surface area contributed by atoms with E-state index in [-0.39, 0.29) is 46.4 Å². The minimum Gasteiger partial charge on any atom is -0.318 e. The molecule has 4 aromatic rings. The predicted octanol–water partition coefficient (Wildman–Crippen LogP) is 4.37. The third-order valence-electron chi connectivity index (χ3n) is 7.02. The van der Waals surface area contributed by atoms with Crippen LogP contribution in [-0.4, -0.2) is 48.1 Å². The second kappa shape index (κ2) is 10.5. The van der Waals surface area contributed by atoms with Gasteiger partial charge in [-0.1, -0.05) is 29.5 Å². The average Bonchev–Trinajstić information content (AvgIpc) is 3.45. The van der Waals surface area contributed by atoms with E-state index in [0.717, 1.165) is 18.3 Å². The lowest BCUT2D eigenvalue weighted by Gasteiger charge is -2.17. The summed E-state index contributed by atoms with van der Waals surface area (Å²) in [6.07, 6.45) is 2.64. The van der Waals surface area contributed by atoms with E-state index < -0.39 is 29.3 Å². The van der Waals surface area contributed by atoms with Crippen molar-refractivity contribution < 1.29 is 22.8 Å². The highest BCUT2D eigenvalue weighted by molar-refractivity contribution is 6.31. The fourth-order valence-corrected chi connectivity index (χ4v) is 4.99. The number of rotatable bonds is 7. The molecule has 3 aromatic heterocycles. The molecular formula is C28H20ClF3N8O2. The molecule has 14 heteroatoms. The second-order valence-electron chi connectivity index (χ2n) is 9.77. The number of benzene rings is 1. The van der Waals surface area contributed by atoms with Gasteiger partial charge in [0.05, 0.1) is 58.0 Å². The Bertz CT molecular complexity index is 1830. The zero-order valence-corrected chi connectivity index (χ0v) is 22.8. The van der Waals surface area contributed by atoms with Gasteiger partial charge >= 0.3 is 0 Å². The number of aromatic nitrogens is 6. The quantitative estimate of drug-likeness (QED) is 0.317. The summed E-state index contributed by atoms with van der Waals surface area (Å²) in [7, 11) is 0. The molecule has 1 saturated heterocycles. The van der Waals surface area contributed by atoms with Crippen molar-refractivity contribution in [3.05, 3.63) is 76.2 Å². The third-order valence-corrected chi connectivity index (χ3v) is 7.31. The van der Waals surface area contributed by atoms with Gasteiger partial charge < -0.3 is 10.2 Å². The van der Waals surface area contributed by atoms with Crippen LogP contribution in [0.4, 0.5) is 24.5 Å². The SMILES string of the molecule is Cc1nc(Cn2cc(NC(=O)c3nc(-c4c(C(F)F)ccc(Cl)c4F)cnc3C)cn2)ncc1N1C[C@H]2C#C[C@H]2C1=O. The van der Waals surface area contributed by atoms with Crippen molar-refractivity contribution in [2.45, 2.75) is 26.8 Å². The van der Waals surface area contributed by atoms with Gasteiger partial charge in [-0.3, -0.25) is 19.3 Å². The number of halogens is 4. The van der Waals surface area contributed by atoms with E-state index in [4.69, 9.17) is 11.6 Å². The van der Waals surface area contributed by atoms with E-state index in [2.05, 4.69) is 42.2 Å². The van der Waals surface area contributed by atoms with Crippen LogP contribution in [0.25, 0.3) is 11.3 Å². The van der Waals surface area contributed by atoms with Crippen molar-refractivity contribution in [2.75, 3.05) is 16.8 Å². The number of alkyl halides is 2. The van der Waals surface area contributed by atoms with Gasteiger partial charge in [0.25, 0.3) is 12.3 Å². The minimum atomic E-state index is -3.01. The first-order chi connectivity index (χ1) is 20.1. The molecule has 1 aromatic carbocycles. The molecule has 10 nitrogen and oxygen atoms in total. The lowest BCUT2D eigenvalue weighted by molar-refractivity contribution is -0.119. The van der Waals surface area contributed by atoms with Crippen LogP contribution >= 0.6 is 11.6 Å². The number of nitrogens with zero attached hydrogens (tertiary/aromatic N) is 7. The maximum absolute atomic E-state index is 14.8. The Morgan fingerprint density at radius 1 is 1.14 bits per heavy atom. The monoisotopic (exact) mass is 592 g/mol. The third kappa shape index (κ3) is 4.83. The number of amides is 2. The molecule has 0 saturated carbocycles. The molecule has 0 spiro atoms. The number of carbonyl (C=O) groups excluding carboxylic acids is 2. The van der Waals surface area contributed by atoms with E-state index in [1.54, 1.807) is 24.2 Å². The first-order valence-corrected chi connectivity index (χ1v) is 13.1. The summed E-state index contributed by atoms with van der Waals surface area (Å²) in [4.78, 5) is 44.3. The lowest BCUT2D eigenvalue weighted by atomic mass is 9.89. The molecule has 2 atom stereocenters. The van der Waals surface area contributed by atoms with Crippen LogP contribution in [0.2, 0.25) is 5.02 Å². The zero-order chi connectivity index (χ0) is 29.7. The van der Waals surface area contributed by atoms with Gasteiger partial charge in [-0.2, -0.15) is 5.10 Å². The molecule has 2 aliphatic rings. The van der Waals surface area contributed by atoms with Crippen molar-refractivity contribution in [3.63, 3.8) is 0 Å². The maximum atomic E-state index is 14.8. The molecule has 0 unspecified atom stereocenters. The van der Waals surface area contributed by atoms with E-state index >= 15 is 0 Å². The molecule has 1 N–H and O–H groups in total. The largest absolute Gasteiger partial charge is 0.318 e. The normalized spacial score (nSPS) is 17.1. The van der Waals surface area contributed by atoms with E-state index in [1.165, 1.54) is 17.8 Å². The smallest absolute Gasteiger partial charge is 0.276 e. The maximum Gasteiger partial charge on any atom is 0.276 e. The topological polar surface area (TPSA) is 119 Å². The Labute approximate surface area is 242 Å². The number of aryl methyl sites for hydroxylation is 2. The van der Waals surface area contributed by atoms with Crippen LogP contribution in [-0.2, 0) is 11.3 Å². The predicted molar refractivity (Wildman–Crippen MR) is 145 cm³/mol. The number of carbonyl (C=O) groups is 2. The summed E-state index contributed by atoms with van der Waals surface area (Å²) in [6, 6.07) is 2.03. The Balaban J connectivity index is 1.17. The summed E-state index contributed by atoms with van der Waals surface area (Å²) >= 11 is 5.82. The molecule has 6 rings (SSSR count). The summed E-state index contributed by atoms with van der Waals surface area (Å²) in [5.41, 5.74) is 0.171. The molecule has 2 amide bonds. The van der Waals surface area contributed by atoms with E-state index in [1.807, 2.05) is 0 Å². The first-order valence-electron chi connectivity index (χ1n) is 12.7. The van der Waals surface area contributed by atoms with Gasteiger partial charge in [-0.15, -0.1) is 0 Å². The second-order valence-corrected chi connectivity index (χ2v) is 10.2. The fraction of sp³-hybridized carbons (Fsp3) is 0.250. The highest BCUT2D eigenvalue weighted by Gasteiger charge is 2.43. The van der Waals surface area contributed by atoms with Crippen molar-refractivity contribution in [2.24, 2.45) is 11.8 Å². The van der Waals surface area contributed by atoms with Crippen LogP contribution in [0.5, 0.6) is 0 Å². The number of fused-ring (bicyclic) bond motifs is 1. The van der Waals surface area contributed by atoms with Gasteiger partial charge in [0.2, 0.25) is 5.91 Å². The van der Waals surface area contributed by atoms with Crippen LogP contribution in [0.1, 0.15) is 39.7 Å². The molecule has 42 heavy (non-hydrogen) atoms. The van der Waals surface area contributed by atoms with Gasteiger partial charge in [0.1, 0.15) is 24.0 Å². The van der Waals surface area contributed by atoms with Gasteiger partial charge in [0, 0.05) is 23.9 Å². The molecule has 1 aliphatic heterocycles. The summed E-state index contributed by atoms with van der Waals surface area (Å²) in [6.45, 7) is 4.00. The number of hydrogen-bond donors (Lipinski definition) is 1.